The zero-order chi connectivity index (χ0) is 13.1. The molecule has 1 amide bonds. The van der Waals surface area contributed by atoms with E-state index in [1.807, 2.05) is 0 Å². The van der Waals surface area contributed by atoms with Gasteiger partial charge < -0.3 is 10.6 Å². The predicted molar refractivity (Wildman–Crippen MR) is 83.8 cm³/mol. The van der Waals surface area contributed by atoms with Crippen LogP contribution in [0.4, 0.5) is 0 Å². The van der Waals surface area contributed by atoms with Gasteiger partial charge in [0, 0.05) is 19.5 Å². The van der Waals surface area contributed by atoms with Crippen LogP contribution < -0.4 is 10.6 Å². The largest absolute Gasteiger partial charge is 0.355 e. The highest BCUT2D eigenvalue weighted by Gasteiger charge is 2.13. The van der Waals surface area contributed by atoms with Crippen molar-refractivity contribution in [1.29, 1.82) is 0 Å². The van der Waals surface area contributed by atoms with Gasteiger partial charge in [0.2, 0.25) is 5.91 Å². The average molecular weight is 291 g/mol. The van der Waals surface area contributed by atoms with Crippen LogP contribution in [0.5, 0.6) is 0 Å². The van der Waals surface area contributed by atoms with E-state index in [4.69, 9.17) is 0 Å². The highest BCUT2D eigenvalue weighted by molar-refractivity contribution is 5.85. The predicted octanol–water partition coefficient (Wildman–Crippen LogP) is 3.27. The zero-order valence-corrected chi connectivity index (χ0v) is 13.2. The maximum absolute atomic E-state index is 11.6. The molecular formula is C15H31ClN2O. The molecule has 1 fully saturated rings. The lowest BCUT2D eigenvalue weighted by Crippen LogP contribution is -2.32. The van der Waals surface area contributed by atoms with Crippen molar-refractivity contribution in [2.45, 2.75) is 64.7 Å². The molecule has 0 atom stereocenters. The first-order valence-corrected chi connectivity index (χ1v) is 7.80. The third-order valence-corrected chi connectivity index (χ3v) is 3.79. The van der Waals surface area contributed by atoms with Crippen LogP contribution in [-0.4, -0.2) is 25.5 Å². The van der Waals surface area contributed by atoms with E-state index in [9.17, 15) is 4.79 Å². The van der Waals surface area contributed by atoms with Crippen LogP contribution in [0.15, 0.2) is 0 Å². The third kappa shape index (κ3) is 10.2. The first kappa shape index (κ1) is 18.7. The molecule has 1 rings (SSSR count). The van der Waals surface area contributed by atoms with Crippen LogP contribution in [0.2, 0.25) is 0 Å². The Hall–Kier alpha value is -0.280. The van der Waals surface area contributed by atoms with Crippen LogP contribution in [0, 0.1) is 5.92 Å². The second-order valence-electron chi connectivity index (χ2n) is 5.50. The molecule has 0 heterocycles. The van der Waals surface area contributed by atoms with E-state index < -0.39 is 0 Å². The van der Waals surface area contributed by atoms with E-state index in [1.165, 1.54) is 38.5 Å². The molecule has 0 aromatic carbocycles. The van der Waals surface area contributed by atoms with E-state index in [-0.39, 0.29) is 18.3 Å². The fraction of sp³-hybridized carbons (Fsp3) is 0.933. The molecule has 2 N–H and O–H groups in total. The van der Waals surface area contributed by atoms with Crippen LogP contribution >= 0.6 is 12.4 Å². The summed E-state index contributed by atoms with van der Waals surface area (Å²) < 4.78 is 0. The molecule has 0 radical (unpaired) electrons. The Kier molecular flexibility index (Phi) is 12.6. The second kappa shape index (κ2) is 12.7. The molecule has 1 aliphatic rings. The summed E-state index contributed by atoms with van der Waals surface area (Å²) in [5.74, 6) is 1.13. The van der Waals surface area contributed by atoms with Gasteiger partial charge in [-0.25, -0.2) is 0 Å². The summed E-state index contributed by atoms with van der Waals surface area (Å²) in [7, 11) is 0. The molecule has 1 aliphatic carbocycles. The molecule has 0 unspecified atom stereocenters. The highest BCUT2D eigenvalue weighted by atomic mass is 35.5. The smallest absolute Gasteiger partial charge is 0.220 e. The van der Waals surface area contributed by atoms with Crippen molar-refractivity contribution < 1.29 is 4.79 Å². The topological polar surface area (TPSA) is 41.1 Å². The van der Waals surface area contributed by atoms with Gasteiger partial charge >= 0.3 is 0 Å². The summed E-state index contributed by atoms with van der Waals surface area (Å²) in [4.78, 5) is 11.6. The molecule has 0 aromatic heterocycles. The Morgan fingerprint density at radius 2 is 1.84 bits per heavy atom. The molecule has 0 aliphatic heterocycles. The molecule has 19 heavy (non-hydrogen) atoms. The fourth-order valence-corrected chi connectivity index (χ4v) is 2.71. The summed E-state index contributed by atoms with van der Waals surface area (Å²) in [6.07, 6.45) is 11.2. The van der Waals surface area contributed by atoms with Gasteiger partial charge in [0.05, 0.1) is 0 Å². The van der Waals surface area contributed by atoms with Gasteiger partial charge in [-0.2, -0.15) is 0 Å². The first-order chi connectivity index (χ1) is 8.83. The highest BCUT2D eigenvalue weighted by Crippen LogP contribution is 2.27. The average Bonchev–Trinajstić information content (AvgIpc) is 2.40. The van der Waals surface area contributed by atoms with Crippen molar-refractivity contribution in [2.24, 2.45) is 5.92 Å². The Morgan fingerprint density at radius 3 is 2.53 bits per heavy atom. The number of hydrogen-bond donors (Lipinski definition) is 2. The van der Waals surface area contributed by atoms with Gasteiger partial charge in [-0.05, 0) is 31.7 Å². The quantitative estimate of drug-likeness (QED) is 0.640. The van der Waals surface area contributed by atoms with Crippen molar-refractivity contribution in [3.05, 3.63) is 0 Å². The number of halogens is 1. The van der Waals surface area contributed by atoms with E-state index in [2.05, 4.69) is 17.6 Å². The molecule has 3 nitrogen and oxygen atoms in total. The minimum Gasteiger partial charge on any atom is -0.355 e. The lowest BCUT2D eigenvalue weighted by atomic mass is 9.86. The van der Waals surface area contributed by atoms with E-state index in [0.29, 0.717) is 6.42 Å². The van der Waals surface area contributed by atoms with E-state index in [1.54, 1.807) is 0 Å². The number of nitrogens with one attached hydrogen (secondary N) is 2. The maximum Gasteiger partial charge on any atom is 0.220 e. The third-order valence-electron chi connectivity index (χ3n) is 3.79. The number of hydrogen-bond acceptors (Lipinski definition) is 2. The van der Waals surface area contributed by atoms with Crippen molar-refractivity contribution in [2.75, 3.05) is 19.6 Å². The Labute approximate surface area is 124 Å². The molecule has 0 spiro atoms. The van der Waals surface area contributed by atoms with Crippen molar-refractivity contribution in [3.63, 3.8) is 0 Å². The molecule has 114 valence electrons. The van der Waals surface area contributed by atoms with Crippen LogP contribution in [0.3, 0.4) is 0 Å². The minimum atomic E-state index is 0. The van der Waals surface area contributed by atoms with Crippen LogP contribution in [-0.2, 0) is 4.79 Å². The molecule has 4 heteroatoms. The number of amides is 1. The lowest BCUT2D eigenvalue weighted by molar-refractivity contribution is -0.121. The zero-order valence-electron chi connectivity index (χ0n) is 12.4. The standard InChI is InChI=1S/C15H30N2O.ClH/c1-2-11-16-12-13-17-15(18)10-6-9-14-7-4-3-5-8-14;/h14,16H,2-13H2,1H3,(H,17,18);1H. The second-order valence-corrected chi connectivity index (χ2v) is 5.50. The van der Waals surface area contributed by atoms with Gasteiger partial charge in [0.25, 0.3) is 0 Å². The summed E-state index contributed by atoms with van der Waals surface area (Å²) in [6.45, 7) is 4.85. The Morgan fingerprint density at radius 1 is 1.11 bits per heavy atom. The van der Waals surface area contributed by atoms with Gasteiger partial charge in [0.15, 0.2) is 0 Å². The van der Waals surface area contributed by atoms with Gasteiger partial charge in [-0.3, -0.25) is 4.79 Å². The number of rotatable bonds is 9. The molecule has 0 aromatic rings. The van der Waals surface area contributed by atoms with Gasteiger partial charge in [0.1, 0.15) is 0 Å². The SMILES string of the molecule is CCCNCCNC(=O)CCCC1CCCCC1.Cl. The maximum atomic E-state index is 11.6. The molecule has 0 saturated heterocycles. The summed E-state index contributed by atoms with van der Waals surface area (Å²) in [5, 5.41) is 6.26. The van der Waals surface area contributed by atoms with E-state index >= 15 is 0 Å². The normalized spacial score (nSPS) is 15.8. The number of carbonyl (C=O) groups excluding carboxylic acids is 1. The van der Waals surface area contributed by atoms with Crippen LogP contribution in [0.1, 0.15) is 64.7 Å². The Bertz CT molecular complexity index is 218. The summed E-state index contributed by atoms with van der Waals surface area (Å²) in [5.41, 5.74) is 0. The number of carbonyl (C=O) groups is 1. The monoisotopic (exact) mass is 290 g/mol. The van der Waals surface area contributed by atoms with Crippen LogP contribution in [0.25, 0.3) is 0 Å². The van der Waals surface area contributed by atoms with Gasteiger partial charge in [-0.1, -0.05) is 39.0 Å². The summed E-state index contributed by atoms with van der Waals surface area (Å²) in [6, 6.07) is 0. The lowest BCUT2D eigenvalue weighted by Gasteiger charge is -2.21. The van der Waals surface area contributed by atoms with Crippen molar-refractivity contribution >= 4 is 18.3 Å². The summed E-state index contributed by atoms with van der Waals surface area (Å²) >= 11 is 0. The molecule has 0 bridgehead atoms. The van der Waals surface area contributed by atoms with E-state index in [0.717, 1.165) is 38.4 Å². The molecular weight excluding hydrogens is 260 g/mol. The first-order valence-electron chi connectivity index (χ1n) is 7.80. The Balaban J connectivity index is 0.00000324. The fourth-order valence-electron chi connectivity index (χ4n) is 2.71. The molecule has 1 saturated carbocycles. The minimum absolute atomic E-state index is 0. The van der Waals surface area contributed by atoms with Crippen molar-refractivity contribution in [3.8, 4) is 0 Å². The van der Waals surface area contributed by atoms with Crippen molar-refractivity contribution in [1.82, 2.24) is 10.6 Å². The van der Waals surface area contributed by atoms with Gasteiger partial charge in [-0.15, -0.1) is 12.4 Å².